The number of Topliss-reactive ketones (excluding diaryl/α,β-unsaturated/α-hetero) is 1. The molecule has 9 nitrogen and oxygen atoms in total. The third-order valence-corrected chi connectivity index (χ3v) is 6.94. The molecule has 1 aliphatic carbocycles. The minimum absolute atomic E-state index is 0.126. The number of nitro benzene ring substituents is 1. The van der Waals surface area contributed by atoms with E-state index in [0.29, 0.717) is 23.6 Å². The summed E-state index contributed by atoms with van der Waals surface area (Å²) in [7, 11) is 1.21. The van der Waals surface area contributed by atoms with E-state index in [0.717, 1.165) is 5.75 Å². The fourth-order valence-corrected chi connectivity index (χ4v) is 5.07. The number of esters is 2. The van der Waals surface area contributed by atoms with Gasteiger partial charge in [-0.15, -0.1) is 0 Å². The van der Waals surface area contributed by atoms with Gasteiger partial charge in [0.05, 0.1) is 23.5 Å². The number of methoxy groups -OCH3 is 1. The van der Waals surface area contributed by atoms with Crippen LogP contribution in [0.5, 0.6) is 0 Å². The second-order valence-corrected chi connectivity index (χ2v) is 9.58. The third-order valence-electron chi connectivity index (χ3n) is 6.07. The molecular weight excluding hydrogens is 460 g/mol. The minimum Gasteiger partial charge on any atom is -0.468 e. The highest BCUT2D eigenvalue weighted by molar-refractivity contribution is 7.99. The monoisotopic (exact) mass is 488 g/mol. The van der Waals surface area contributed by atoms with E-state index < -0.39 is 34.5 Å². The third kappa shape index (κ3) is 4.86. The van der Waals surface area contributed by atoms with Gasteiger partial charge in [0.2, 0.25) is 0 Å². The summed E-state index contributed by atoms with van der Waals surface area (Å²) in [5.74, 6) is -2.80. The van der Waals surface area contributed by atoms with Crippen LogP contribution in [0.4, 0.5) is 5.69 Å². The van der Waals surface area contributed by atoms with Gasteiger partial charge in [-0.25, -0.2) is 4.79 Å². The van der Waals surface area contributed by atoms with Crippen LogP contribution in [0, 0.1) is 22.0 Å². The van der Waals surface area contributed by atoms with Crippen molar-refractivity contribution < 1.29 is 28.8 Å². The number of carbonyl (C=O) groups excluding carboxylic acids is 3. The Kier molecular flexibility index (Phi) is 8.14. The Morgan fingerprint density at radius 1 is 1.29 bits per heavy atom. The van der Waals surface area contributed by atoms with E-state index in [1.807, 2.05) is 6.92 Å². The Morgan fingerprint density at radius 3 is 2.65 bits per heavy atom. The van der Waals surface area contributed by atoms with Crippen molar-refractivity contribution in [3.05, 3.63) is 62.5 Å². The summed E-state index contributed by atoms with van der Waals surface area (Å²) >= 11 is 1.61. The molecule has 0 aromatic heterocycles. The van der Waals surface area contributed by atoms with E-state index in [9.17, 15) is 24.5 Å². The largest absolute Gasteiger partial charge is 0.468 e. The second-order valence-electron chi connectivity index (χ2n) is 8.18. The summed E-state index contributed by atoms with van der Waals surface area (Å²) in [5.41, 5.74) is 1.29. The second kappa shape index (κ2) is 10.9. The Balaban J connectivity index is 2.16. The number of thioether (sulfide) groups is 1. The smallest absolute Gasteiger partial charge is 0.336 e. The fourth-order valence-electron chi connectivity index (χ4n) is 4.58. The number of ether oxygens (including phenoxy) is 2. The van der Waals surface area contributed by atoms with E-state index in [1.165, 1.54) is 25.3 Å². The lowest BCUT2D eigenvalue weighted by Gasteiger charge is -2.38. The number of carbonyl (C=O) groups is 3. The molecule has 0 bridgehead atoms. The number of dihydropyridines is 1. The van der Waals surface area contributed by atoms with Crippen molar-refractivity contribution in [1.82, 2.24) is 5.32 Å². The van der Waals surface area contributed by atoms with Gasteiger partial charge in [-0.05, 0) is 25.0 Å². The molecule has 34 heavy (non-hydrogen) atoms. The zero-order valence-corrected chi connectivity index (χ0v) is 20.4. The minimum atomic E-state index is -1.06. The lowest BCUT2D eigenvalue weighted by atomic mass is 9.69. The van der Waals surface area contributed by atoms with Crippen LogP contribution in [0.3, 0.4) is 0 Å². The first-order valence-corrected chi connectivity index (χ1v) is 12.2. The quantitative estimate of drug-likeness (QED) is 0.192. The molecule has 1 aliphatic heterocycles. The predicted molar refractivity (Wildman–Crippen MR) is 127 cm³/mol. The van der Waals surface area contributed by atoms with Crippen molar-refractivity contribution >= 4 is 35.2 Å². The van der Waals surface area contributed by atoms with E-state index in [1.54, 1.807) is 31.7 Å². The maximum absolute atomic E-state index is 13.7. The number of allylic oxidation sites excluding steroid dienone is 3. The zero-order valence-electron chi connectivity index (χ0n) is 19.6. The molecule has 0 amide bonds. The van der Waals surface area contributed by atoms with Crippen LogP contribution in [0.2, 0.25) is 0 Å². The van der Waals surface area contributed by atoms with Crippen LogP contribution >= 0.6 is 11.8 Å². The number of rotatable bonds is 8. The maximum atomic E-state index is 13.7. The molecule has 0 radical (unpaired) electrons. The van der Waals surface area contributed by atoms with Crippen molar-refractivity contribution in [2.45, 2.75) is 33.1 Å². The molecule has 10 heteroatoms. The molecule has 0 unspecified atom stereocenters. The molecule has 1 aromatic carbocycles. The first kappa shape index (κ1) is 25.5. The van der Waals surface area contributed by atoms with Crippen LogP contribution in [0.25, 0.3) is 0 Å². The number of hydrogen-bond acceptors (Lipinski definition) is 9. The van der Waals surface area contributed by atoms with Crippen LogP contribution in [0.15, 0.2) is 46.8 Å². The van der Waals surface area contributed by atoms with Crippen molar-refractivity contribution in [1.29, 1.82) is 0 Å². The summed E-state index contributed by atoms with van der Waals surface area (Å²) in [6.45, 7) is 5.62. The van der Waals surface area contributed by atoms with Gasteiger partial charge in [0.15, 0.2) is 5.78 Å². The van der Waals surface area contributed by atoms with Crippen LogP contribution < -0.4 is 5.32 Å². The average molecular weight is 489 g/mol. The number of nitrogens with one attached hydrogen (secondary N) is 1. The Morgan fingerprint density at radius 2 is 2.00 bits per heavy atom. The highest BCUT2D eigenvalue weighted by Gasteiger charge is 2.48. The zero-order chi connectivity index (χ0) is 25.0. The summed E-state index contributed by atoms with van der Waals surface area (Å²) < 4.78 is 10.4. The van der Waals surface area contributed by atoms with Gasteiger partial charge in [0.25, 0.3) is 5.69 Å². The number of benzene rings is 1. The summed E-state index contributed by atoms with van der Waals surface area (Å²) in [5, 5.41) is 15.0. The summed E-state index contributed by atoms with van der Waals surface area (Å²) in [4.78, 5) is 50.7. The molecule has 0 fully saturated rings. The summed E-state index contributed by atoms with van der Waals surface area (Å²) in [6, 6.07) is 6.01. The number of para-hydroxylation sites is 1. The van der Waals surface area contributed by atoms with Crippen LogP contribution in [-0.4, -0.2) is 47.9 Å². The Hall–Kier alpha value is -3.14. The number of nitrogens with zero attached hydrogens (tertiary/aromatic N) is 1. The molecule has 0 saturated carbocycles. The van der Waals surface area contributed by atoms with Gasteiger partial charge >= 0.3 is 11.9 Å². The van der Waals surface area contributed by atoms with Crippen molar-refractivity contribution in [2.75, 3.05) is 25.2 Å². The van der Waals surface area contributed by atoms with Crippen molar-refractivity contribution in [2.24, 2.45) is 11.8 Å². The summed E-state index contributed by atoms with van der Waals surface area (Å²) in [6.07, 6.45) is 0.352. The highest BCUT2D eigenvalue weighted by Crippen LogP contribution is 2.47. The van der Waals surface area contributed by atoms with Crippen LogP contribution in [0.1, 0.15) is 38.7 Å². The first-order chi connectivity index (χ1) is 16.2. The predicted octanol–water partition coefficient (Wildman–Crippen LogP) is 3.50. The fraction of sp³-hybridized carbons (Fsp3) is 0.458. The van der Waals surface area contributed by atoms with Crippen LogP contribution in [-0.2, 0) is 23.9 Å². The number of ketones is 1. The van der Waals surface area contributed by atoms with Gasteiger partial charge in [0.1, 0.15) is 12.5 Å². The van der Waals surface area contributed by atoms with E-state index in [2.05, 4.69) is 5.32 Å². The van der Waals surface area contributed by atoms with Crippen molar-refractivity contribution in [3.63, 3.8) is 0 Å². The highest BCUT2D eigenvalue weighted by atomic mass is 32.2. The van der Waals surface area contributed by atoms with E-state index in [4.69, 9.17) is 9.47 Å². The molecule has 3 atom stereocenters. The van der Waals surface area contributed by atoms with E-state index in [-0.39, 0.29) is 34.9 Å². The normalized spacial score (nSPS) is 22.1. The van der Waals surface area contributed by atoms with Gasteiger partial charge in [-0.2, -0.15) is 11.8 Å². The number of hydrogen-bond donors (Lipinski definition) is 1. The molecule has 1 heterocycles. The molecule has 3 rings (SSSR count). The lowest BCUT2D eigenvalue weighted by Crippen LogP contribution is -2.43. The average Bonchev–Trinajstić information content (AvgIpc) is 2.80. The Labute approximate surface area is 202 Å². The van der Waals surface area contributed by atoms with Gasteiger partial charge < -0.3 is 14.8 Å². The van der Waals surface area contributed by atoms with E-state index >= 15 is 0 Å². The molecule has 182 valence electrons. The molecular formula is C24H28N2O7S. The SMILES string of the molecule is CCSCCOC(=O)C1=C(C)NC2=C(C(=O)[C@H](C(=O)OC)[C@@H](C)C2)[C@@H]1c1ccccc1[N+](=O)[O-]. The maximum Gasteiger partial charge on any atom is 0.336 e. The first-order valence-electron chi connectivity index (χ1n) is 11.0. The topological polar surface area (TPSA) is 125 Å². The van der Waals surface area contributed by atoms with Crippen molar-refractivity contribution in [3.8, 4) is 0 Å². The molecule has 0 saturated heterocycles. The lowest BCUT2D eigenvalue weighted by molar-refractivity contribution is -0.385. The number of nitro groups is 1. The molecule has 2 aliphatic rings. The standard InChI is InChI=1S/C24H28N2O7S/c1-5-34-11-10-33-24(29)19-14(3)25-16-12-13(2)18(23(28)32-4)22(27)21(16)20(19)15-8-6-7-9-17(15)26(30)31/h6-9,13,18,20,25H,5,10-12H2,1-4H3/t13-,18+,20+/m0/s1. The molecule has 1 N–H and O–H groups in total. The Bertz CT molecular complexity index is 1080. The molecule has 0 spiro atoms. The van der Waals surface area contributed by atoms with Gasteiger partial charge in [-0.3, -0.25) is 19.7 Å². The molecule has 1 aromatic rings. The van der Waals surface area contributed by atoms with Gasteiger partial charge in [0, 0.05) is 34.3 Å². The van der Waals surface area contributed by atoms with Gasteiger partial charge in [-0.1, -0.05) is 32.0 Å².